The van der Waals surface area contributed by atoms with Crippen LogP contribution in [0.15, 0.2) is 36.7 Å². The molecule has 0 unspecified atom stereocenters. The van der Waals surface area contributed by atoms with Gasteiger partial charge in [-0.1, -0.05) is 12.1 Å². The molecule has 4 nitrogen and oxygen atoms in total. The van der Waals surface area contributed by atoms with Gasteiger partial charge in [-0.3, -0.25) is 4.90 Å². The fraction of sp³-hybridized carbons (Fsp3) is 0.438. The Kier molecular flexibility index (Phi) is 4.62. The Labute approximate surface area is 124 Å². The second kappa shape index (κ2) is 6.83. The molecule has 112 valence electrons. The number of ether oxygens (including phenoxy) is 1. The first-order chi connectivity index (χ1) is 10.3. The average molecular weight is 289 g/mol. The van der Waals surface area contributed by atoms with Crippen LogP contribution in [0.2, 0.25) is 0 Å². The molecule has 21 heavy (non-hydrogen) atoms. The summed E-state index contributed by atoms with van der Waals surface area (Å²) in [5.41, 5.74) is 1.10. The smallest absolute Gasteiger partial charge is 0.123 e. The third-order valence-corrected chi connectivity index (χ3v) is 3.73. The summed E-state index contributed by atoms with van der Waals surface area (Å²) in [7, 11) is 0. The SMILES string of the molecule is Fc1ccc(CN(Cc2ncc[nH]2)C[C@H]2CCCO2)cc1. The van der Waals surface area contributed by atoms with Crippen molar-refractivity contribution in [1.82, 2.24) is 14.9 Å². The van der Waals surface area contributed by atoms with Gasteiger partial charge >= 0.3 is 0 Å². The number of nitrogens with one attached hydrogen (secondary N) is 1. The Balaban J connectivity index is 1.66. The topological polar surface area (TPSA) is 41.2 Å². The molecule has 1 saturated heterocycles. The van der Waals surface area contributed by atoms with Crippen LogP contribution in [-0.2, 0) is 17.8 Å². The van der Waals surface area contributed by atoms with Gasteiger partial charge in [0, 0.05) is 32.1 Å². The third kappa shape index (κ3) is 4.12. The van der Waals surface area contributed by atoms with Crippen LogP contribution in [0.25, 0.3) is 0 Å². The average Bonchev–Trinajstić information content (AvgIpc) is 3.15. The van der Waals surface area contributed by atoms with E-state index < -0.39 is 0 Å². The van der Waals surface area contributed by atoms with Gasteiger partial charge in [0.1, 0.15) is 11.6 Å². The van der Waals surface area contributed by atoms with Gasteiger partial charge in [0.15, 0.2) is 0 Å². The van der Waals surface area contributed by atoms with Crippen molar-refractivity contribution in [3.8, 4) is 0 Å². The first-order valence-corrected chi connectivity index (χ1v) is 7.36. The Morgan fingerprint density at radius 2 is 2.14 bits per heavy atom. The van der Waals surface area contributed by atoms with E-state index in [9.17, 15) is 4.39 Å². The minimum atomic E-state index is -0.199. The number of aromatic nitrogens is 2. The van der Waals surface area contributed by atoms with Crippen molar-refractivity contribution in [2.75, 3.05) is 13.2 Å². The second-order valence-electron chi connectivity index (χ2n) is 5.47. The van der Waals surface area contributed by atoms with Crippen molar-refractivity contribution >= 4 is 0 Å². The summed E-state index contributed by atoms with van der Waals surface area (Å²) in [6.45, 7) is 3.24. The summed E-state index contributed by atoms with van der Waals surface area (Å²) >= 11 is 0. The van der Waals surface area contributed by atoms with Crippen LogP contribution in [0.4, 0.5) is 4.39 Å². The molecule has 0 saturated carbocycles. The number of rotatable bonds is 6. The van der Waals surface area contributed by atoms with Gasteiger partial charge < -0.3 is 9.72 Å². The molecule has 0 aliphatic carbocycles. The molecule has 0 amide bonds. The number of H-pyrrole nitrogens is 1. The lowest BCUT2D eigenvalue weighted by atomic mass is 10.2. The molecule has 0 radical (unpaired) electrons. The molecule has 1 aliphatic heterocycles. The first kappa shape index (κ1) is 14.2. The molecule has 1 aromatic carbocycles. The van der Waals surface area contributed by atoms with Crippen molar-refractivity contribution in [2.24, 2.45) is 0 Å². The highest BCUT2D eigenvalue weighted by molar-refractivity contribution is 5.16. The Morgan fingerprint density at radius 3 is 2.81 bits per heavy atom. The number of imidazole rings is 1. The largest absolute Gasteiger partial charge is 0.377 e. The van der Waals surface area contributed by atoms with Crippen molar-refractivity contribution in [3.63, 3.8) is 0 Å². The van der Waals surface area contributed by atoms with Crippen LogP contribution in [0.5, 0.6) is 0 Å². The molecule has 3 rings (SSSR count). The zero-order chi connectivity index (χ0) is 14.5. The predicted octanol–water partition coefficient (Wildman–Crippen LogP) is 2.73. The van der Waals surface area contributed by atoms with E-state index in [0.29, 0.717) is 6.10 Å². The highest BCUT2D eigenvalue weighted by Crippen LogP contribution is 2.16. The Morgan fingerprint density at radius 1 is 1.29 bits per heavy atom. The zero-order valence-corrected chi connectivity index (χ0v) is 12.0. The predicted molar refractivity (Wildman–Crippen MR) is 78.1 cm³/mol. The van der Waals surface area contributed by atoms with Crippen molar-refractivity contribution in [2.45, 2.75) is 32.0 Å². The fourth-order valence-electron chi connectivity index (χ4n) is 2.71. The molecule has 0 bridgehead atoms. The van der Waals surface area contributed by atoms with E-state index in [-0.39, 0.29) is 5.82 Å². The minimum absolute atomic E-state index is 0.199. The van der Waals surface area contributed by atoms with Crippen molar-refractivity contribution in [3.05, 3.63) is 53.9 Å². The molecule has 1 aliphatic rings. The molecular formula is C16H20FN3O. The van der Waals surface area contributed by atoms with Gasteiger partial charge in [-0.25, -0.2) is 9.37 Å². The van der Waals surface area contributed by atoms with Gasteiger partial charge in [0.2, 0.25) is 0 Å². The van der Waals surface area contributed by atoms with Gasteiger partial charge in [-0.15, -0.1) is 0 Å². The fourth-order valence-corrected chi connectivity index (χ4v) is 2.71. The molecular weight excluding hydrogens is 269 g/mol. The number of hydrogen-bond donors (Lipinski definition) is 1. The van der Waals surface area contributed by atoms with Gasteiger partial charge in [0.05, 0.1) is 12.6 Å². The third-order valence-electron chi connectivity index (χ3n) is 3.73. The van der Waals surface area contributed by atoms with E-state index in [4.69, 9.17) is 4.74 Å². The normalized spacial score (nSPS) is 18.5. The summed E-state index contributed by atoms with van der Waals surface area (Å²) in [5, 5.41) is 0. The van der Waals surface area contributed by atoms with Crippen molar-refractivity contribution in [1.29, 1.82) is 0 Å². The van der Waals surface area contributed by atoms with Crippen molar-refractivity contribution < 1.29 is 9.13 Å². The molecule has 2 aromatic rings. The van der Waals surface area contributed by atoms with E-state index >= 15 is 0 Å². The molecule has 1 atom stereocenters. The summed E-state index contributed by atoms with van der Waals surface area (Å²) in [5.74, 6) is 0.741. The monoisotopic (exact) mass is 289 g/mol. The molecule has 0 spiro atoms. The highest BCUT2D eigenvalue weighted by Gasteiger charge is 2.20. The number of halogens is 1. The lowest BCUT2D eigenvalue weighted by molar-refractivity contribution is 0.0671. The lowest BCUT2D eigenvalue weighted by Gasteiger charge is -2.24. The molecule has 1 fully saturated rings. The highest BCUT2D eigenvalue weighted by atomic mass is 19.1. The zero-order valence-electron chi connectivity index (χ0n) is 12.0. The van der Waals surface area contributed by atoms with Crippen LogP contribution < -0.4 is 0 Å². The first-order valence-electron chi connectivity index (χ1n) is 7.36. The van der Waals surface area contributed by atoms with E-state index in [0.717, 1.165) is 50.5 Å². The molecule has 2 heterocycles. The molecule has 5 heteroatoms. The maximum Gasteiger partial charge on any atom is 0.123 e. The maximum absolute atomic E-state index is 13.0. The van der Waals surface area contributed by atoms with E-state index in [1.54, 1.807) is 6.20 Å². The maximum atomic E-state index is 13.0. The minimum Gasteiger partial charge on any atom is -0.377 e. The summed E-state index contributed by atoms with van der Waals surface area (Å²) in [4.78, 5) is 9.72. The number of nitrogens with zero attached hydrogens (tertiary/aromatic N) is 2. The summed E-state index contributed by atoms with van der Waals surface area (Å²) in [6, 6.07) is 6.68. The summed E-state index contributed by atoms with van der Waals surface area (Å²) in [6.07, 6.45) is 6.13. The Hall–Kier alpha value is -1.72. The van der Waals surface area contributed by atoms with Gasteiger partial charge in [-0.2, -0.15) is 0 Å². The summed E-state index contributed by atoms with van der Waals surface area (Å²) < 4.78 is 18.7. The quantitative estimate of drug-likeness (QED) is 0.889. The van der Waals surface area contributed by atoms with Crippen LogP contribution >= 0.6 is 0 Å². The van der Waals surface area contributed by atoms with E-state index in [1.807, 2.05) is 18.3 Å². The van der Waals surface area contributed by atoms with Gasteiger partial charge in [0.25, 0.3) is 0 Å². The van der Waals surface area contributed by atoms with Crippen LogP contribution in [0.3, 0.4) is 0 Å². The van der Waals surface area contributed by atoms with Gasteiger partial charge in [-0.05, 0) is 30.5 Å². The number of hydrogen-bond acceptors (Lipinski definition) is 3. The second-order valence-corrected chi connectivity index (χ2v) is 5.47. The van der Waals surface area contributed by atoms with Crippen LogP contribution in [-0.4, -0.2) is 34.1 Å². The lowest BCUT2D eigenvalue weighted by Crippen LogP contribution is -2.31. The molecule has 1 N–H and O–H groups in total. The van der Waals surface area contributed by atoms with Crippen LogP contribution in [0.1, 0.15) is 24.2 Å². The van der Waals surface area contributed by atoms with E-state index in [1.165, 1.54) is 12.1 Å². The molecule has 1 aromatic heterocycles. The van der Waals surface area contributed by atoms with Crippen LogP contribution in [0, 0.1) is 5.82 Å². The van der Waals surface area contributed by atoms with E-state index in [2.05, 4.69) is 14.9 Å². The standard InChI is InChI=1S/C16H20FN3O/c17-14-5-3-13(4-6-14)10-20(11-15-2-1-9-21-15)12-16-18-7-8-19-16/h3-8,15H,1-2,9-12H2,(H,18,19)/t15-/m1/s1. The Bertz CT molecular complexity index is 535. The number of aromatic amines is 1. The number of benzene rings is 1.